The third-order valence-electron chi connectivity index (χ3n) is 2.94. The van der Waals surface area contributed by atoms with E-state index in [4.69, 9.17) is 16.3 Å². The minimum absolute atomic E-state index is 0.281. The van der Waals surface area contributed by atoms with Crippen LogP contribution in [-0.2, 0) is 6.54 Å². The highest BCUT2D eigenvalue weighted by Gasteiger charge is 2.11. The van der Waals surface area contributed by atoms with E-state index in [0.717, 1.165) is 5.56 Å². The molecule has 0 saturated heterocycles. The van der Waals surface area contributed by atoms with Gasteiger partial charge in [0.15, 0.2) is 10.9 Å². The zero-order valence-corrected chi connectivity index (χ0v) is 11.8. The van der Waals surface area contributed by atoms with Crippen molar-refractivity contribution in [3.8, 4) is 11.5 Å². The van der Waals surface area contributed by atoms with Crippen LogP contribution in [0.4, 0.5) is 4.39 Å². The summed E-state index contributed by atoms with van der Waals surface area (Å²) >= 11 is 6.25. The van der Waals surface area contributed by atoms with Crippen LogP contribution in [0.25, 0.3) is 0 Å². The number of nitrogens with zero attached hydrogens (tertiary/aromatic N) is 2. The van der Waals surface area contributed by atoms with Crippen LogP contribution in [-0.4, -0.2) is 9.78 Å². The first-order valence-corrected chi connectivity index (χ1v) is 6.79. The van der Waals surface area contributed by atoms with Crippen LogP contribution in [0.5, 0.6) is 11.5 Å². The first kappa shape index (κ1) is 13.6. The summed E-state index contributed by atoms with van der Waals surface area (Å²) in [7, 11) is 0. The number of rotatable bonds is 4. The molecular formula is C16H12ClFN2O. The van der Waals surface area contributed by atoms with Gasteiger partial charge in [-0.2, -0.15) is 5.10 Å². The summed E-state index contributed by atoms with van der Waals surface area (Å²) in [6.07, 6.45) is 1.55. The van der Waals surface area contributed by atoms with Crippen molar-refractivity contribution >= 4 is 11.6 Å². The first-order chi connectivity index (χ1) is 10.2. The van der Waals surface area contributed by atoms with E-state index in [1.54, 1.807) is 16.9 Å². The van der Waals surface area contributed by atoms with Crippen molar-refractivity contribution in [2.45, 2.75) is 6.54 Å². The Morgan fingerprint density at radius 1 is 1.10 bits per heavy atom. The minimum atomic E-state index is -0.281. The van der Waals surface area contributed by atoms with E-state index >= 15 is 0 Å². The second-order valence-corrected chi connectivity index (χ2v) is 4.86. The third kappa shape index (κ3) is 3.23. The number of hydrogen-bond acceptors (Lipinski definition) is 2. The zero-order chi connectivity index (χ0) is 14.7. The highest BCUT2D eigenvalue weighted by Crippen LogP contribution is 2.29. The molecule has 5 heteroatoms. The van der Waals surface area contributed by atoms with Gasteiger partial charge in [-0.1, -0.05) is 41.9 Å². The summed E-state index contributed by atoms with van der Waals surface area (Å²) in [5.41, 5.74) is 0.784. The van der Waals surface area contributed by atoms with Crippen LogP contribution in [0.2, 0.25) is 5.15 Å². The van der Waals surface area contributed by atoms with Gasteiger partial charge in [-0.3, -0.25) is 0 Å². The molecular weight excluding hydrogens is 291 g/mol. The summed E-state index contributed by atoms with van der Waals surface area (Å²) in [5.74, 6) is 0.875. The van der Waals surface area contributed by atoms with E-state index in [1.807, 2.05) is 36.4 Å². The Labute approximate surface area is 126 Å². The average Bonchev–Trinajstić information content (AvgIpc) is 2.82. The maximum absolute atomic E-state index is 13.2. The highest BCUT2D eigenvalue weighted by molar-refractivity contribution is 6.31. The molecule has 3 rings (SSSR count). The van der Waals surface area contributed by atoms with Crippen LogP contribution in [0, 0.1) is 5.82 Å². The Kier molecular flexibility index (Phi) is 3.88. The molecule has 0 spiro atoms. The fraction of sp³-hybridized carbons (Fsp3) is 0.0625. The molecule has 0 unspecified atom stereocenters. The smallest absolute Gasteiger partial charge is 0.184 e. The summed E-state index contributed by atoms with van der Waals surface area (Å²) in [5, 5.41) is 4.55. The van der Waals surface area contributed by atoms with Crippen molar-refractivity contribution in [2.24, 2.45) is 0 Å². The van der Waals surface area contributed by atoms with Crippen molar-refractivity contribution < 1.29 is 9.13 Å². The number of hydrogen-bond donors (Lipinski definition) is 0. The molecule has 0 aliphatic heterocycles. The molecule has 0 N–H and O–H groups in total. The molecule has 0 radical (unpaired) electrons. The van der Waals surface area contributed by atoms with E-state index in [0.29, 0.717) is 23.2 Å². The van der Waals surface area contributed by atoms with Gasteiger partial charge in [0.2, 0.25) is 0 Å². The predicted molar refractivity (Wildman–Crippen MR) is 79.3 cm³/mol. The van der Waals surface area contributed by atoms with Crippen molar-refractivity contribution in [2.75, 3.05) is 0 Å². The van der Waals surface area contributed by atoms with Crippen LogP contribution in [0.15, 0.2) is 60.8 Å². The Morgan fingerprint density at radius 3 is 2.67 bits per heavy atom. The number of benzene rings is 2. The quantitative estimate of drug-likeness (QED) is 0.708. The maximum atomic E-state index is 13.2. The Bertz CT molecular complexity index is 743. The van der Waals surface area contributed by atoms with E-state index in [2.05, 4.69) is 5.10 Å². The minimum Gasteiger partial charge on any atom is -0.452 e. The van der Waals surface area contributed by atoms with Crippen molar-refractivity contribution in [3.05, 3.63) is 77.3 Å². The molecule has 0 fully saturated rings. The van der Waals surface area contributed by atoms with Crippen molar-refractivity contribution in [1.82, 2.24) is 9.78 Å². The lowest BCUT2D eigenvalue weighted by Gasteiger charge is -2.05. The average molecular weight is 303 g/mol. The molecule has 3 aromatic rings. The number of halogens is 2. The largest absolute Gasteiger partial charge is 0.452 e. The topological polar surface area (TPSA) is 27.1 Å². The van der Waals surface area contributed by atoms with Gasteiger partial charge in [-0.05, 0) is 29.8 Å². The van der Waals surface area contributed by atoms with E-state index in [-0.39, 0.29) is 5.82 Å². The van der Waals surface area contributed by atoms with E-state index in [1.165, 1.54) is 12.1 Å². The lowest BCUT2D eigenvalue weighted by Crippen LogP contribution is -2.01. The van der Waals surface area contributed by atoms with Crippen LogP contribution < -0.4 is 4.74 Å². The van der Waals surface area contributed by atoms with Gasteiger partial charge in [-0.15, -0.1) is 0 Å². The van der Waals surface area contributed by atoms with E-state index < -0.39 is 0 Å². The maximum Gasteiger partial charge on any atom is 0.184 e. The van der Waals surface area contributed by atoms with Crippen LogP contribution >= 0.6 is 11.6 Å². The molecule has 0 saturated carbocycles. The molecule has 0 amide bonds. The number of para-hydroxylation sites is 1. The molecule has 0 bridgehead atoms. The molecule has 0 aliphatic rings. The van der Waals surface area contributed by atoms with Crippen LogP contribution in [0.3, 0.4) is 0 Å². The van der Waals surface area contributed by atoms with Crippen molar-refractivity contribution in [3.63, 3.8) is 0 Å². The van der Waals surface area contributed by atoms with Crippen LogP contribution in [0.1, 0.15) is 5.56 Å². The Morgan fingerprint density at radius 2 is 1.90 bits per heavy atom. The lowest BCUT2D eigenvalue weighted by atomic mass is 10.2. The predicted octanol–water partition coefficient (Wildman–Crippen LogP) is 4.52. The van der Waals surface area contributed by atoms with Gasteiger partial charge in [-0.25, -0.2) is 9.07 Å². The molecule has 1 heterocycles. The molecule has 2 aromatic carbocycles. The van der Waals surface area contributed by atoms with Gasteiger partial charge < -0.3 is 4.74 Å². The Hall–Kier alpha value is -2.33. The molecule has 1 aromatic heterocycles. The summed E-state index contributed by atoms with van der Waals surface area (Å²) in [6.45, 7) is 0.384. The standard InChI is InChI=1S/C16H12ClFN2O/c17-16-15(21-14-7-2-1-3-8-14)10-19-20(16)11-12-5-4-6-13(18)9-12/h1-10H,11H2. The second kappa shape index (κ2) is 5.97. The second-order valence-electron chi connectivity index (χ2n) is 4.50. The lowest BCUT2D eigenvalue weighted by molar-refractivity contribution is 0.482. The molecule has 106 valence electrons. The van der Waals surface area contributed by atoms with Gasteiger partial charge in [0, 0.05) is 0 Å². The van der Waals surface area contributed by atoms with Crippen molar-refractivity contribution in [1.29, 1.82) is 0 Å². The summed E-state index contributed by atoms with van der Waals surface area (Å²) < 4.78 is 20.4. The van der Waals surface area contributed by atoms with Gasteiger partial charge in [0.25, 0.3) is 0 Å². The highest BCUT2D eigenvalue weighted by atomic mass is 35.5. The molecule has 0 aliphatic carbocycles. The summed E-state index contributed by atoms with van der Waals surface area (Å²) in [6, 6.07) is 15.7. The van der Waals surface area contributed by atoms with Gasteiger partial charge >= 0.3 is 0 Å². The zero-order valence-electron chi connectivity index (χ0n) is 11.0. The first-order valence-electron chi connectivity index (χ1n) is 6.41. The molecule has 21 heavy (non-hydrogen) atoms. The fourth-order valence-electron chi connectivity index (χ4n) is 1.96. The van der Waals surface area contributed by atoms with E-state index in [9.17, 15) is 4.39 Å². The monoisotopic (exact) mass is 302 g/mol. The SMILES string of the molecule is Fc1cccc(Cn2ncc(Oc3ccccc3)c2Cl)c1. The summed E-state index contributed by atoms with van der Waals surface area (Å²) in [4.78, 5) is 0. The van der Waals surface area contributed by atoms with Gasteiger partial charge in [0.05, 0.1) is 12.7 Å². The van der Waals surface area contributed by atoms with Gasteiger partial charge in [0.1, 0.15) is 11.6 Å². The number of ether oxygens (including phenoxy) is 1. The Balaban J connectivity index is 1.79. The normalized spacial score (nSPS) is 10.6. The fourth-order valence-corrected chi connectivity index (χ4v) is 2.15. The molecule has 3 nitrogen and oxygen atoms in total. The molecule has 0 atom stereocenters. The third-order valence-corrected chi connectivity index (χ3v) is 3.32. The number of aromatic nitrogens is 2.